The second-order valence-corrected chi connectivity index (χ2v) is 5.63. The van der Waals surface area contributed by atoms with Crippen LogP contribution in [0.15, 0.2) is 0 Å². The molecule has 0 aromatic rings. The summed E-state index contributed by atoms with van der Waals surface area (Å²) in [6.07, 6.45) is -0.779. The molecule has 0 unspecified atom stereocenters. The van der Waals surface area contributed by atoms with Crippen molar-refractivity contribution in [3.05, 3.63) is 0 Å². The van der Waals surface area contributed by atoms with Crippen molar-refractivity contribution in [3.8, 4) is 0 Å². The molecule has 4 N–H and O–H groups in total. The molecule has 22 heavy (non-hydrogen) atoms. The van der Waals surface area contributed by atoms with Crippen molar-refractivity contribution in [2.45, 2.75) is 52.6 Å². The molecule has 0 aliphatic carbocycles. The third-order valence-corrected chi connectivity index (χ3v) is 2.94. The monoisotopic (exact) mass is 316 g/mol. The number of esters is 4. The van der Waals surface area contributed by atoms with E-state index in [1.807, 2.05) is 0 Å². The minimum atomic E-state index is -0.915. The van der Waals surface area contributed by atoms with E-state index in [1.54, 1.807) is 27.7 Å². The highest BCUT2D eigenvalue weighted by molar-refractivity contribution is 5.92. The Morgan fingerprint density at radius 1 is 0.727 bits per heavy atom. The van der Waals surface area contributed by atoms with E-state index in [0.717, 1.165) is 0 Å². The molecule has 0 aliphatic heterocycles. The second kappa shape index (κ2) is 9.26. The van der Waals surface area contributed by atoms with Gasteiger partial charge >= 0.3 is 23.9 Å². The summed E-state index contributed by atoms with van der Waals surface area (Å²) in [5.74, 6) is -3.88. The van der Waals surface area contributed by atoms with Crippen LogP contribution in [-0.4, -0.2) is 36.0 Å². The molecule has 0 fully saturated rings. The summed E-state index contributed by atoms with van der Waals surface area (Å²) in [6, 6.07) is -1.83. The second-order valence-electron chi connectivity index (χ2n) is 5.63. The molecule has 2 atom stereocenters. The molecule has 126 valence electrons. The lowest BCUT2D eigenvalue weighted by molar-refractivity contribution is -0.166. The molecule has 0 saturated heterocycles. The molecule has 0 amide bonds. The molecule has 8 heteroatoms. The van der Waals surface area contributed by atoms with Crippen LogP contribution >= 0.6 is 0 Å². The Bertz CT molecular complexity index is 393. The molecule has 0 rings (SSSR count). The maximum atomic E-state index is 11.4. The molecule has 0 bridgehead atoms. The lowest BCUT2D eigenvalue weighted by Crippen LogP contribution is -2.38. The van der Waals surface area contributed by atoms with Crippen LogP contribution in [0.3, 0.4) is 0 Å². The van der Waals surface area contributed by atoms with Gasteiger partial charge in [0, 0.05) is 0 Å². The van der Waals surface area contributed by atoms with Crippen LogP contribution in [0.2, 0.25) is 0 Å². The van der Waals surface area contributed by atoms with E-state index in [9.17, 15) is 19.2 Å². The van der Waals surface area contributed by atoms with E-state index in [1.165, 1.54) is 0 Å². The number of nitrogens with two attached hydrogens (primary N) is 2. The highest BCUT2D eigenvalue weighted by atomic mass is 16.6. The summed E-state index contributed by atoms with van der Waals surface area (Å²) in [7, 11) is 0. The molecule has 0 spiro atoms. The summed E-state index contributed by atoms with van der Waals surface area (Å²) in [5.41, 5.74) is 11.0. The molecule has 0 aliphatic rings. The first-order chi connectivity index (χ1) is 10.1. The van der Waals surface area contributed by atoms with E-state index in [0.29, 0.717) is 0 Å². The quantitative estimate of drug-likeness (QED) is 0.489. The van der Waals surface area contributed by atoms with Crippen molar-refractivity contribution in [1.29, 1.82) is 0 Å². The van der Waals surface area contributed by atoms with Crippen molar-refractivity contribution in [1.82, 2.24) is 0 Å². The number of ether oxygens (including phenoxy) is 2. The van der Waals surface area contributed by atoms with E-state index in [-0.39, 0.29) is 24.7 Å². The maximum Gasteiger partial charge on any atom is 0.330 e. The third-order valence-electron chi connectivity index (χ3n) is 2.94. The number of carbonyl (C=O) groups excluding carboxylic acids is 4. The van der Waals surface area contributed by atoms with Gasteiger partial charge in [-0.1, -0.05) is 27.7 Å². The van der Waals surface area contributed by atoms with Crippen LogP contribution in [0.25, 0.3) is 0 Å². The predicted molar refractivity (Wildman–Crippen MR) is 77.1 cm³/mol. The average Bonchev–Trinajstić information content (AvgIpc) is 2.42. The van der Waals surface area contributed by atoms with Crippen LogP contribution in [0, 0.1) is 11.8 Å². The Morgan fingerprint density at radius 2 is 1.00 bits per heavy atom. The fraction of sp³-hybridized carbons (Fsp3) is 0.714. The van der Waals surface area contributed by atoms with Gasteiger partial charge in [0.2, 0.25) is 0 Å². The first-order valence-electron chi connectivity index (χ1n) is 7.06. The summed E-state index contributed by atoms with van der Waals surface area (Å²) in [5, 5.41) is 0. The molecule has 8 nitrogen and oxygen atoms in total. The molecule has 0 heterocycles. The summed E-state index contributed by atoms with van der Waals surface area (Å²) >= 11 is 0. The Labute approximate surface area is 129 Å². The van der Waals surface area contributed by atoms with Crippen LogP contribution in [0.5, 0.6) is 0 Å². The fourth-order valence-corrected chi connectivity index (χ4v) is 1.21. The molecule has 0 aromatic heterocycles. The minimum absolute atomic E-state index is 0.180. The normalized spacial score (nSPS) is 13.6. The Morgan fingerprint density at radius 3 is 1.23 bits per heavy atom. The average molecular weight is 316 g/mol. The van der Waals surface area contributed by atoms with Gasteiger partial charge in [-0.3, -0.25) is 9.59 Å². The zero-order chi connectivity index (χ0) is 17.4. The zero-order valence-electron chi connectivity index (χ0n) is 13.3. The molecular formula is C14H24N2O6. The van der Waals surface area contributed by atoms with E-state index < -0.39 is 36.0 Å². The van der Waals surface area contributed by atoms with Gasteiger partial charge in [-0.25, -0.2) is 9.59 Å². The van der Waals surface area contributed by atoms with Gasteiger partial charge in [-0.15, -0.1) is 0 Å². The van der Waals surface area contributed by atoms with Crippen LogP contribution in [0.1, 0.15) is 40.5 Å². The Hall–Kier alpha value is -1.80. The van der Waals surface area contributed by atoms with Gasteiger partial charge < -0.3 is 20.9 Å². The van der Waals surface area contributed by atoms with Gasteiger partial charge in [0.1, 0.15) is 12.1 Å². The summed E-state index contributed by atoms with van der Waals surface area (Å²) in [4.78, 5) is 45.6. The lowest BCUT2D eigenvalue weighted by atomic mass is 10.1. The Kier molecular flexibility index (Phi) is 8.51. The van der Waals surface area contributed by atoms with E-state index >= 15 is 0 Å². The number of hydrogen-bond acceptors (Lipinski definition) is 8. The zero-order valence-corrected chi connectivity index (χ0v) is 13.3. The minimum Gasteiger partial charge on any atom is -0.392 e. The van der Waals surface area contributed by atoms with Crippen molar-refractivity contribution in [3.63, 3.8) is 0 Å². The van der Waals surface area contributed by atoms with Gasteiger partial charge in [-0.2, -0.15) is 0 Å². The van der Waals surface area contributed by atoms with Gasteiger partial charge in [-0.05, 0) is 11.8 Å². The molecule has 0 aromatic carbocycles. The Balaban J connectivity index is 4.18. The van der Waals surface area contributed by atoms with Crippen molar-refractivity contribution in [2.75, 3.05) is 0 Å². The lowest BCUT2D eigenvalue weighted by Gasteiger charge is -2.14. The largest absolute Gasteiger partial charge is 0.392 e. The standard InChI is InChI=1S/C14H24N2O6/c1-7(2)11(15)13(19)21-9(17)5-6-10(18)22-14(20)12(16)8(3)4/h7-8,11-12H,5-6,15-16H2,1-4H3/t11-,12-/m0/s1. The first kappa shape index (κ1) is 20.2. The number of hydrogen-bond donors (Lipinski definition) is 2. The van der Waals surface area contributed by atoms with E-state index in [4.69, 9.17) is 11.5 Å². The van der Waals surface area contributed by atoms with Gasteiger partial charge in [0.25, 0.3) is 0 Å². The molecule has 0 radical (unpaired) electrons. The van der Waals surface area contributed by atoms with Crippen LogP contribution < -0.4 is 11.5 Å². The maximum absolute atomic E-state index is 11.4. The highest BCUT2D eigenvalue weighted by Crippen LogP contribution is 2.05. The number of carbonyl (C=O) groups is 4. The number of rotatable bonds is 7. The topological polar surface area (TPSA) is 139 Å². The van der Waals surface area contributed by atoms with Crippen molar-refractivity contribution in [2.24, 2.45) is 23.3 Å². The predicted octanol–water partition coefficient (Wildman–Crippen LogP) is -0.127. The first-order valence-corrected chi connectivity index (χ1v) is 7.06. The third kappa shape index (κ3) is 7.28. The van der Waals surface area contributed by atoms with Gasteiger partial charge in [0.15, 0.2) is 0 Å². The smallest absolute Gasteiger partial charge is 0.330 e. The van der Waals surface area contributed by atoms with E-state index in [2.05, 4.69) is 9.47 Å². The van der Waals surface area contributed by atoms with Crippen molar-refractivity contribution >= 4 is 23.9 Å². The fourth-order valence-electron chi connectivity index (χ4n) is 1.21. The SMILES string of the molecule is CC(C)[C@H](N)C(=O)OC(=O)CCC(=O)OC(=O)[C@@H](N)C(C)C. The summed E-state index contributed by atoms with van der Waals surface area (Å²) < 4.78 is 8.99. The van der Waals surface area contributed by atoms with Crippen molar-refractivity contribution < 1.29 is 28.7 Å². The summed E-state index contributed by atoms with van der Waals surface area (Å²) in [6.45, 7) is 6.82. The highest BCUT2D eigenvalue weighted by Gasteiger charge is 2.24. The molecule has 0 saturated carbocycles. The van der Waals surface area contributed by atoms with Crippen LogP contribution in [-0.2, 0) is 28.7 Å². The van der Waals surface area contributed by atoms with Crippen LogP contribution in [0.4, 0.5) is 0 Å². The molecular weight excluding hydrogens is 292 g/mol. The van der Waals surface area contributed by atoms with Gasteiger partial charge in [0.05, 0.1) is 12.8 Å².